The van der Waals surface area contributed by atoms with Gasteiger partial charge in [-0.15, -0.1) is 0 Å². The summed E-state index contributed by atoms with van der Waals surface area (Å²) >= 11 is 5.94. The van der Waals surface area contributed by atoms with E-state index in [-0.39, 0.29) is 4.90 Å². The highest BCUT2D eigenvalue weighted by Gasteiger charge is 2.29. The smallest absolute Gasteiger partial charge is 0.243 e. The van der Waals surface area contributed by atoms with Crippen LogP contribution in [-0.4, -0.2) is 32.5 Å². The van der Waals surface area contributed by atoms with E-state index in [2.05, 4.69) is 0 Å². The first-order chi connectivity index (χ1) is 11.5. The first kappa shape index (κ1) is 15.7. The number of hydrogen-bond acceptors (Lipinski definition) is 4. The molecule has 2 heterocycles. The van der Waals surface area contributed by atoms with Gasteiger partial charge in [0.1, 0.15) is 13.2 Å². The van der Waals surface area contributed by atoms with Crippen LogP contribution in [0.5, 0.6) is 11.5 Å². The average molecular weight is 366 g/mol. The lowest BCUT2D eigenvalue weighted by Gasteiger charge is -2.30. The molecular formula is C17H16ClNO4S. The third-order valence-corrected chi connectivity index (χ3v) is 6.35. The molecule has 0 amide bonds. The van der Waals surface area contributed by atoms with Gasteiger partial charge in [-0.3, -0.25) is 0 Å². The second kappa shape index (κ2) is 5.95. The van der Waals surface area contributed by atoms with Crippen LogP contribution >= 0.6 is 11.6 Å². The molecule has 126 valence electrons. The lowest BCUT2D eigenvalue weighted by atomic mass is 10.00. The zero-order chi connectivity index (χ0) is 16.7. The molecular weight excluding hydrogens is 350 g/mol. The molecule has 7 heteroatoms. The number of sulfonamides is 1. The molecule has 4 rings (SSSR count). The lowest BCUT2D eigenvalue weighted by Crippen LogP contribution is -2.36. The molecule has 0 saturated heterocycles. The number of ether oxygens (including phenoxy) is 2. The predicted molar refractivity (Wildman–Crippen MR) is 90.2 cm³/mol. The minimum absolute atomic E-state index is 0.219. The highest BCUT2D eigenvalue weighted by Crippen LogP contribution is 2.36. The Labute approximate surface area is 145 Å². The molecule has 2 aliphatic rings. The van der Waals surface area contributed by atoms with E-state index in [1.165, 1.54) is 10.4 Å². The molecule has 0 atom stereocenters. The maximum atomic E-state index is 12.8. The molecule has 2 aromatic carbocycles. The van der Waals surface area contributed by atoms with Gasteiger partial charge < -0.3 is 9.47 Å². The summed E-state index contributed by atoms with van der Waals surface area (Å²) < 4.78 is 38.4. The average Bonchev–Trinajstić information content (AvgIpc) is 2.59. The summed E-state index contributed by atoms with van der Waals surface area (Å²) in [6.45, 7) is 1.81. The molecule has 0 fully saturated rings. The monoisotopic (exact) mass is 365 g/mol. The first-order valence-electron chi connectivity index (χ1n) is 7.71. The number of halogens is 1. The van der Waals surface area contributed by atoms with Crippen molar-refractivity contribution >= 4 is 21.6 Å². The van der Waals surface area contributed by atoms with Crippen molar-refractivity contribution in [3.8, 4) is 11.5 Å². The standard InChI is InChI=1S/C17H16ClNO4S/c18-14-2-1-3-15(10-14)24(20,21)19-5-4-12-8-16-17(9-13(12)11-19)23-7-6-22-16/h1-3,8-10H,4-7,11H2. The SMILES string of the molecule is O=S(=O)(c1cccc(Cl)c1)N1CCc2cc3c(cc2C1)OCCO3. The Morgan fingerprint density at radius 3 is 2.42 bits per heavy atom. The molecule has 0 aliphatic carbocycles. The Balaban J connectivity index is 1.66. The van der Waals surface area contributed by atoms with E-state index in [9.17, 15) is 8.42 Å². The molecule has 2 aliphatic heterocycles. The van der Waals surface area contributed by atoms with Crippen molar-refractivity contribution in [2.24, 2.45) is 0 Å². The molecule has 0 bridgehead atoms. The van der Waals surface area contributed by atoms with E-state index in [4.69, 9.17) is 21.1 Å². The summed E-state index contributed by atoms with van der Waals surface area (Å²) in [5.74, 6) is 1.42. The Kier molecular flexibility index (Phi) is 3.90. The minimum atomic E-state index is -3.57. The van der Waals surface area contributed by atoms with Crippen LogP contribution < -0.4 is 9.47 Å². The molecule has 0 saturated carbocycles. The summed E-state index contributed by atoms with van der Waals surface area (Å²) in [5, 5.41) is 0.410. The van der Waals surface area contributed by atoms with Gasteiger partial charge in [0.05, 0.1) is 4.90 Å². The number of rotatable bonds is 2. The fourth-order valence-corrected chi connectivity index (χ4v) is 4.77. The van der Waals surface area contributed by atoms with Crippen LogP contribution in [0.4, 0.5) is 0 Å². The van der Waals surface area contributed by atoms with Gasteiger partial charge in [0.25, 0.3) is 0 Å². The van der Waals surface area contributed by atoms with E-state index < -0.39 is 10.0 Å². The minimum Gasteiger partial charge on any atom is -0.486 e. The highest BCUT2D eigenvalue weighted by atomic mass is 35.5. The van der Waals surface area contributed by atoms with E-state index >= 15 is 0 Å². The normalized spacial score (nSPS) is 17.4. The van der Waals surface area contributed by atoms with Crippen LogP contribution in [0.2, 0.25) is 5.02 Å². The molecule has 0 N–H and O–H groups in total. The highest BCUT2D eigenvalue weighted by molar-refractivity contribution is 7.89. The molecule has 0 unspecified atom stereocenters. The van der Waals surface area contributed by atoms with Crippen molar-refractivity contribution < 1.29 is 17.9 Å². The lowest BCUT2D eigenvalue weighted by molar-refractivity contribution is 0.171. The van der Waals surface area contributed by atoms with Crippen molar-refractivity contribution in [2.45, 2.75) is 17.9 Å². The van der Waals surface area contributed by atoms with Gasteiger partial charge >= 0.3 is 0 Å². The molecule has 0 spiro atoms. The van der Waals surface area contributed by atoms with Crippen molar-refractivity contribution in [1.82, 2.24) is 4.31 Å². The van der Waals surface area contributed by atoms with Crippen molar-refractivity contribution in [3.05, 3.63) is 52.5 Å². The Morgan fingerprint density at radius 2 is 1.71 bits per heavy atom. The molecule has 24 heavy (non-hydrogen) atoms. The third-order valence-electron chi connectivity index (χ3n) is 4.28. The van der Waals surface area contributed by atoms with Crippen LogP contribution in [0.1, 0.15) is 11.1 Å². The Hall–Kier alpha value is -1.76. The summed E-state index contributed by atoms with van der Waals surface area (Å²) in [6.07, 6.45) is 0.645. The number of hydrogen-bond donors (Lipinski definition) is 0. The van der Waals surface area contributed by atoms with Crippen LogP contribution in [-0.2, 0) is 23.0 Å². The van der Waals surface area contributed by atoms with Crippen LogP contribution in [0.15, 0.2) is 41.3 Å². The summed E-state index contributed by atoms with van der Waals surface area (Å²) in [7, 11) is -3.57. The fraction of sp³-hybridized carbons (Fsp3) is 0.294. The molecule has 5 nitrogen and oxygen atoms in total. The Morgan fingerprint density at radius 1 is 1.00 bits per heavy atom. The van der Waals surface area contributed by atoms with Crippen LogP contribution in [0, 0.1) is 0 Å². The van der Waals surface area contributed by atoms with Gasteiger partial charge in [-0.2, -0.15) is 4.31 Å². The topological polar surface area (TPSA) is 55.8 Å². The largest absolute Gasteiger partial charge is 0.486 e. The van der Waals surface area contributed by atoms with Crippen LogP contribution in [0.3, 0.4) is 0 Å². The quantitative estimate of drug-likeness (QED) is 0.821. The Bertz CT molecular complexity index is 897. The maximum Gasteiger partial charge on any atom is 0.243 e. The zero-order valence-corrected chi connectivity index (χ0v) is 14.4. The first-order valence-corrected chi connectivity index (χ1v) is 9.53. The van der Waals surface area contributed by atoms with E-state index in [1.807, 2.05) is 12.1 Å². The van der Waals surface area contributed by atoms with Crippen molar-refractivity contribution in [3.63, 3.8) is 0 Å². The maximum absolute atomic E-state index is 12.8. The third kappa shape index (κ3) is 2.75. The van der Waals surface area contributed by atoms with Gasteiger partial charge in [-0.1, -0.05) is 17.7 Å². The second-order valence-corrected chi connectivity index (χ2v) is 8.18. The van der Waals surface area contributed by atoms with Gasteiger partial charge in [0.2, 0.25) is 10.0 Å². The van der Waals surface area contributed by atoms with Gasteiger partial charge in [0.15, 0.2) is 11.5 Å². The summed E-state index contributed by atoms with van der Waals surface area (Å²) in [4.78, 5) is 0.219. The molecule has 2 aromatic rings. The van der Waals surface area contributed by atoms with Crippen molar-refractivity contribution in [2.75, 3.05) is 19.8 Å². The van der Waals surface area contributed by atoms with Crippen LogP contribution in [0.25, 0.3) is 0 Å². The predicted octanol–water partition coefficient (Wildman–Crippen LogP) is 2.86. The number of nitrogens with zero attached hydrogens (tertiary/aromatic N) is 1. The number of benzene rings is 2. The number of fused-ring (bicyclic) bond motifs is 2. The van der Waals surface area contributed by atoms with Gasteiger partial charge in [-0.25, -0.2) is 8.42 Å². The summed E-state index contributed by atoms with van der Waals surface area (Å²) in [5.41, 5.74) is 2.06. The van der Waals surface area contributed by atoms with E-state index in [0.29, 0.717) is 43.5 Å². The fourth-order valence-electron chi connectivity index (χ4n) is 3.05. The van der Waals surface area contributed by atoms with E-state index in [0.717, 1.165) is 16.9 Å². The van der Waals surface area contributed by atoms with Crippen molar-refractivity contribution in [1.29, 1.82) is 0 Å². The zero-order valence-electron chi connectivity index (χ0n) is 12.9. The van der Waals surface area contributed by atoms with E-state index in [1.54, 1.807) is 18.2 Å². The molecule has 0 radical (unpaired) electrons. The summed E-state index contributed by atoms with van der Waals surface area (Å²) in [6, 6.07) is 10.2. The van der Waals surface area contributed by atoms with Gasteiger partial charge in [-0.05, 0) is 47.9 Å². The van der Waals surface area contributed by atoms with Gasteiger partial charge in [0, 0.05) is 18.1 Å². The molecule has 0 aromatic heterocycles. The second-order valence-electron chi connectivity index (χ2n) is 5.81.